The van der Waals surface area contributed by atoms with Crippen LogP contribution in [0.25, 0.3) is 0 Å². The smallest absolute Gasteiger partial charge is 0.310 e. The Labute approximate surface area is 143 Å². The van der Waals surface area contributed by atoms with Gasteiger partial charge in [0, 0.05) is 36.3 Å². The second kappa shape index (κ2) is 7.65. The van der Waals surface area contributed by atoms with Gasteiger partial charge in [0.1, 0.15) is 0 Å². The van der Waals surface area contributed by atoms with Gasteiger partial charge in [0.05, 0.1) is 13.0 Å². The molecule has 4 nitrogen and oxygen atoms in total. The summed E-state index contributed by atoms with van der Waals surface area (Å²) in [6.07, 6.45) is 8.35. The van der Waals surface area contributed by atoms with E-state index in [4.69, 9.17) is 4.74 Å². The zero-order valence-electron chi connectivity index (χ0n) is 14.2. The van der Waals surface area contributed by atoms with E-state index in [0.717, 1.165) is 18.5 Å². The van der Waals surface area contributed by atoms with Crippen LogP contribution in [0.3, 0.4) is 0 Å². The zero-order valence-corrected chi connectivity index (χ0v) is 14.2. The van der Waals surface area contributed by atoms with Crippen LogP contribution < -0.4 is 0 Å². The molecule has 3 rings (SSSR count). The first kappa shape index (κ1) is 16.7. The first-order valence-corrected chi connectivity index (χ1v) is 8.83. The van der Waals surface area contributed by atoms with E-state index in [9.17, 15) is 9.59 Å². The van der Waals surface area contributed by atoms with Gasteiger partial charge in [0.2, 0.25) is 0 Å². The van der Waals surface area contributed by atoms with Gasteiger partial charge in [0.25, 0.3) is 0 Å². The minimum absolute atomic E-state index is 0.0110. The number of allylic oxidation sites excluding steroid dienone is 2. The molecule has 1 heterocycles. The van der Waals surface area contributed by atoms with E-state index in [2.05, 4.69) is 4.90 Å². The Bertz CT molecular complexity index is 617. The summed E-state index contributed by atoms with van der Waals surface area (Å²) in [6.45, 7) is 0.672. The van der Waals surface area contributed by atoms with E-state index < -0.39 is 0 Å². The number of nitrogens with zero attached hydrogens (tertiary/aromatic N) is 1. The van der Waals surface area contributed by atoms with Crippen LogP contribution in [0, 0.1) is 5.92 Å². The highest BCUT2D eigenvalue weighted by molar-refractivity contribution is 6.04. The Balaban J connectivity index is 1.82. The highest BCUT2D eigenvalue weighted by atomic mass is 16.5. The molecule has 128 valence electrons. The van der Waals surface area contributed by atoms with Crippen molar-refractivity contribution in [2.24, 2.45) is 5.92 Å². The molecule has 1 unspecified atom stereocenters. The molecule has 2 aliphatic rings. The lowest BCUT2D eigenvalue weighted by molar-refractivity contribution is -0.145. The summed E-state index contributed by atoms with van der Waals surface area (Å²) < 4.78 is 4.93. The second-order valence-corrected chi connectivity index (χ2v) is 6.73. The van der Waals surface area contributed by atoms with E-state index >= 15 is 0 Å². The maximum Gasteiger partial charge on any atom is 0.310 e. The van der Waals surface area contributed by atoms with Gasteiger partial charge >= 0.3 is 5.97 Å². The van der Waals surface area contributed by atoms with Gasteiger partial charge in [-0.25, -0.2) is 0 Å². The SMILES string of the molecule is COC(=O)C1C/C(=C/C(=O)c2ccccc2)N(C2CCCCC2)C1. The number of carbonyl (C=O) groups excluding carboxylic acids is 2. The van der Waals surface area contributed by atoms with Gasteiger partial charge in [-0.2, -0.15) is 0 Å². The van der Waals surface area contributed by atoms with Crippen molar-refractivity contribution in [3.63, 3.8) is 0 Å². The Kier molecular flexibility index (Phi) is 5.34. The summed E-state index contributed by atoms with van der Waals surface area (Å²) in [5.74, 6) is -0.324. The van der Waals surface area contributed by atoms with Crippen LogP contribution in [0.15, 0.2) is 42.1 Å². The average molecular weight is 327 g/mol. The summed E-state index contributed by atoms with van der Waals surface area (Å²) in [7, 11) is 1.43. The number of rotatable bonds is 4. The summed E-state index contributed by atoms with van der Waals surface area (Å²) >= 11 is 0. The van der Waals surface area contributed by atoms with Gasteiger partial charge in [0.15, 0.2) is 5.78 Å². The Morgan fingerprint density at radius 3 is 2.50 bits per heavy atom. The van der Waals surface area contributed by atoms with E-state index in [1.807, 2.05) is 30.3 Å². The molecule has 0 radical (unpaired) electrons. The minimum Gasteiger partial charge on any atom is -0.469 e. The van der Waals surface area contributed by atoms with Crippen LogP contribution in [0.2, 0.25) is 0 Å². The highest BCUT2D eigenvalue weighted by Crippen LogP contribution is 2.34. The lowest BCUT2D eigenvalue weighted by Crippen LogP contribution is -2.35. The number of ketones is 1. The third kappa shape index (κ3) is 3.69. The fourth-order valence-electron chi connectivity index (χ4n) is 3.87. The number of benzene rings is 1. The van der Waals surface area contributed by atoms with Crippen molar-refractivity contribution in [2.75, 3.05) is 13.7 Å². The molecule has 4 heteroatoms. The van der Waals surface area contributed by atoms with Crippen molar-refractivity contribution in [1.82, 2.24) is 4.90 Å². The number of carbonyl (C=O) groups is 2. The summed E-state index contributed by atoms with van der Waals surface area (Å²) in [5, 5.41) is 0. The number of likely N-dealkylation sites (tertiary alicyclic amines) is 1. The molecule has 2 fully saturated rings. The second-order valence-electron chi connectivity index (χ2n) is 6.73. The third-order valence-electron chi connectivity index (χ3n) is 5.15. The molecule has 0 aromatic heterocycles. The van der Waals surface area contributed by atoms with Crippen LogP contribution in [0.4, 0.5) is 0 Å². The zero-order chi connectivity index (χ0) is 16.9. The molecule has 1 aliphatic heterocycles. The van der Waals surface area contributed by atoms with E-state index in [0.29, 0.717) is 24.6 Å². The molecule has 1 saturated carbocycles. The Morgan fingerprint density at radius 1 is 1.12 bits per heavy atom. The fraction of sp³-hybridized carbons (Fsp3) is 0.500. The van der Waals surface area contributed by atoms with E-state index in [1.54, 1.807) is 6.08 Å². The molecule has 0 bridgehead atoms. The van der Waals surface area contributed by atoms with Crippen LogP contribution in [-0.2, 0) is 9.53 Å². The van der Waals surface area contributed by atoms with E-state index in [1.165, 1.54) is 26.4 Å². The predicted molar refractivity (Wildman–Crippen MR) is 92.6 cm³/mol. The lowest BCUT2D eigenvalue weighted by Gasteiger charge is -2.33. The molecular weight excluding hydrogens is 302 g/mol. The molecular formula is C20H25NO3. The molecule has 0 spiro atoms. The molecule has 1 atom stereocenters. The maximum atomic E-state index is 12.6. The number of hydrogen-bond donors (Lipinski definition) is 0. The summed E-state index contributed by atoms with van der Waals surface area (Å²) in [4.78, 5) is 26.8. The van der Waals surface area contributed by atoms with Gasteiger partial charge < -0.3 is 9.64 Å². The Hall–Kier alpha value is -2.10. The molecule has 0 N–H and O–H groups in total. The fourth-order valence-corrected chi connectivity index (χ4v) is 3.87. The van der Waals surface area contributed by atoms with Crippen LogP contribution in [0.1, 0.15) is 48.9 Å². The molecule has 1 saturated heterocycles. The van der Waals surface area contributed by atoms with Gasteiger partial charge in [-0.1, -0.05) is 49.6 Å². The molecule has 24 heavy (non-hydrogen) atoms. The van der Waals surface area contributed by atoms with Crippen LogP contribution >= 0.6 is 0 Å². The first-order chi connectivity index (χ1) is 11.7. The van der Waals surface area contributed by atoms with Crippen molar-refractivity contribution in [3.8, 4) is 0 Å². The number of esters is 1. The summed E-state index contributed by atoms with van der Waals surface area (Å²) in [5.41, 5.74) is 1.68. The van der Waals surface area contributed by atoms with E-state index in [-0.39, 0.29) is 17.7 Å². The van der Waals surface area contributed by atoms with Crippen LogP contribution in [0.5, 0.6) is 0 Å². The van der Waals surface area contributed by atoms with Gasteiger partial charge in [-0.3, -0.25) is 9.59 Å². The van der Waals surface area contributed by atoms with Crippen LogP contribution in [-0.4, -0.2) is 36.3 Å². The van der Waals surface area contributed by atoms with Gasteiger partial charge in [-0.05, 0) is 12.8 Å². The first-order valence-electron chi connectivity index (χ1n) is 8.83. The number of hydrogen-bond acceptors (Lipinski definition) is 4. The Morgan fingerprint density at radius 2 is 1.83 bits per heavy atom. The highest BCUT2D eigenvalue weighted by Gasteiger charge is 2.36. The molecule has 1 aromatic carbocycles. The molecule has 1 aliphatic carbocycles. The minimum atomic E-state index is -0.175. The standard InChI is InChI=1S/C20H25NO3/c1-24-20(23)16-12-18(13-19(22)15-8-4-2-5-9-15)21(14-16)17-10-6-3-7-11-17/h2,4-5,8-9,13,16-17H,3,6-7,10-12,14H2,1H3/b18-13-. The monoisotopic (exact) mass is 327 g/mol. The number of ether oxygens (including phenoxy) is 1. The topological polar surface area (TPSA) is 46.6 Å². The average Bonchev–Trinajstić information content (AvgIpc) is 3.06. The molecule has 0 amide bonds. The number of methoxy groups -OCH3 is 1. The predicted octanol–water partition coefficient (Wildman–Crippen LogP) is 3.58. The van der Waals surface area contributed by atoms with Crippen molar-refractivity contribution in [3.05, 3.63) is 47.7 Å². The summed E-state index contributed by atoms with van der Waals surface area (Å²) in [6, 6.07) is 9.76. The maximum absolute atomic E-state index is 12.6. The lowest BCUT2D eigenvalue weighted by atomic mass is 9.94. The van der Waals surface area contributed by atoms with Crippen molar-refractivity contribution >= 4 is 11.8 Å². The quantitative estimate of drug-likeness (QED) is 0.482. The van der Waals surface area contributed by atoms with Crippen molar-refractivity contribution in [1.29, 1.82) is 0 Å². The third-order valence-corrected chi connectivity index (χ3v) is 5.15. The van der Waals surface area contributed by atoms with Gasteiger partial charge in [-0.15, -0.1) is 0 Å². The molecule has 1 aromatic rings. The van der Waals surface area contributed by atoms with Crippen molar-refractivity contribution < 1.29 is 14.3 Å². The normalized spacial score (nSPS) is 23.5. The van der Waals surface area contributed by atoms with Crippen molar-refractivity contribution in [2.45, 2.75) is 44.6 Å². The largest absolute Gasteiger partial charge is 0.469 e.